The van der Waals surface area contributed by atoms with Crippen LogP contribution in [0.1, 0.15) is 44.9 Å². The van der Waals surface area contributed by atoms with E-state index in [0.29, 0.717) is 24.3 Å². The second kappa shape index (κ2) is 5.21. The summed E-state index contributed by atoms with van der Waals surface area (Å²) in [5.41, 5.74) is -0.433. The van der Waals surface area contributed by atoms with E-state index >= 15 is 0 Å². The van der Waals surface area contributed by atoms with E-state index < -0.39 is 5.54 Å². The Balaban J connectivity index is 1.45. The molecule has 4 aliphatic rings. The van der Waals surface area contributed by atoms with Crippen molar-refractivity contribution in [2.45, 2.75) is 74.8 Å². The number of fused-ring (bicyclic) bond motifs is 2. The van der Waals surface area contributed by atoms with Gasteiger partial charge in [0.2, 0.25) is 0 Å². The quantitative estimate of drug-likeness (QED) is 0.786. The van der Waals surface area contributed by atoms with Crippen molar-refractivity contribution < 1.29 is 14.3 Å². The molecule has 0 amide bonds. The Kier molecular flexibility index (Phi) is 3.47. The third-order valence-corrected chi connectivity index (χ3v) is 5.71. The molecule has 0 spiro atoms. The van der Waals surface area contributed by atoms with Crippen molar-refractivity contribution in [3.63, 3.8) is 0 Å². The molecule has 2 saturated heterocycles. The summed E-state index contributed by atoms with van der Waals surface area (Å²) in [6, 6.07) is 1.03. The summed E-state index contributed by atoms with van der Waals surface area (Å²) < 4.78 is 11.0. The second-order valence-electron chi connectivity index (χ2n) is 7.30. The molecule has 2 aliphatic heterocycles. The van der Waals surface area contributed by atoms with Gasteiger partial charge in [0.1, 0.15) is 5.54 Å². The summed E-state index contributed by atoms with van der Waals surface area (Å²) in [6.07, 6.45) is 8.56. The van der Waals surface area contributed by atoms with Crippen molar-refractivity contribution in [2.24, 2.45) is 0 Å². The van der Waals surface area contributed by atoms with E-state index in [0.717, 1.165) is 32.4 Å². The Hall–Kier alpha value is -0.650. The zero-order valence-electron chi connectivity index (χ0n) is 12.8. The van der Waals surface area contributed by atoms with Gasteiger partial charge in [-0.25, -0.2) is 0 Å². The Morgan fingerprint density at radius 1 is 1.19 bits per heavy atom. The third kappa shape index (κ3) is 2.60. The lowest BCUT2D eigenvalue weighted by molar-refractivity contribution is -0.148. The van der Waals surface area contributed by atoms with Crippen LogP contribution < -0.4 is 5.32 Å². The molecule has 118 valence electrons. The smallest absolute Gasteiger partial charge is 0.326 e. The van der Waals surface area contributed by atoms with E-state index in [2.05, 4.69) is 10.2 Å². The topological polar surface area (TPSA) is 50.8 Å². The molecule has 0 aromatic carbocycles. The van der Waals surface area contributed by atoms with E-state index in [4.69, 9.17) is 9.47 Å². The molecular weight excluding hydrogens is 268 g/mol. The number of rotatable bonds is 4. The number of esters is 1. The first kappa shape index (κ1) is 14.0. The van der Waals surface area contributed by atoms with Crippen LogP contribution in [0.4, 0.5) is 0 Å². The fourth-order valence-electron chi connectivity index (χ4n) is 4.46. The van der Waals surface area contributed by atoms with Crippen molar-refractivity contribution in [1.29, 1.82) is 0 Å². The highest BCUT2D eigenvalue weighted by Gasteiger charge is 2.51. The second-order valence-corrected chi connectivity index (χ2v) is 7.30. The van der Waals surface area contributed by atoms with Crippen LogP contribution in [0.25, 0.3) is 0 Å². The fraction of sp³-hybridized carbons (Fsp3) is 0.938. The van der Waals surface area contributed by atoms with Crippen LogP contribution in [0.5, 0.6) is 0 Å². The number of hydrogen-bond acceptors (Lipinski definition) is 5. The standard InChI is InChI=1S/C16H26N2O3/c1-20-15(19)16(17-11-2-3-11)7-6-12(8-16)18-9-13-4-5-14(10-18)21-13/h11-14,17H,2-10H2,1H3. The van der Waals surface area contributed by atoms with Gasteiger partial charge in [-0.05, 0) is 44.9 Å². The lowest BCUT2D eigenvalue weighted by atomic mass is 9.96. The summed E-state index contributed by atoms with van der Waals surface area (Å²) in [5, 5.41) is 3.59. The molecule has 0 radical (unpaired) electrons. The van der Waals surface area contributed by atoms with Gasteiger partial charge in [0.25, 0.3) is 0 Å². The molecule has 0 aromatic heterocycles. The first-order chi connectivity index (χ1) is 10.2. The average molecular weight is 294 g/mol. The molecule has 2 heterocycles. The minimum absolute atomic E-state index is 0.0619. The number of carbonyl (C=O) groups is 1. The first-order valence-electron chi connectivity index (χ1n) is 8.44. The lowest BCUT2D eigenvalue weighted by Crippen LogP contribution is -2.54. The summed E-state index contributed by atoms with van der Waals surface area (Å²) in [4.78, 5) is 14.9. The Morgan fingerprint density at radius 2 is 1.90 bits per heavy atom. The molecule has 2 saturated carbocycles. The first-order valence-corrected chi connectivity index (χ1v) is 8.44. The Bertz CT molecular complexity index is 414. The average Bonchev–Trinajstić information content (AvgIpc) is 3.09. The maximum Gasteiger partial charge on any atom is 0.326 e. The van der Waals surface area contributed by atoms with E-state index in [9.17, 15) is 4.79 Å². The number of morpholine rings is 1. The maximum atomic E-state index is 12.3. The normalized spacial score (nSPS) is 43.2. The largest absolute Gasteiger partial charge is 0.468 e. The van der Waals surface area contributed by atoms with Crippen molar-refractivity contribution in [1.82, 2.24) is 10.2 Å². The molecular formula is C16H26N2O3. The number of nitrogens with one attached hydrogen (secondary N) is 1. The minimum Gasteiger partial charge on any atom is -0.468 e. The van der Waals surface area contributed by atoms with E-state index in [1.54, 1.807) is 0 Å². The Labute approximate surface area is 126 Å². The van der Waals surface area contributed by atoms with Gasteiger partial charge in [-0.15, -0.1) is 0 Å². The van der Waals surface area contributed by atoms with Crippen LogP contribution in [0.3, 0.4) is 0 Å². The van der Waals surface area contributed by atoms with Crippen LogP contribution in [0.2, 0.25) is 0 Å². The van der Waals surface area contributed by atoms with Crippen molar-refractivity contribution in [3.8, 4) is 0 Å². The fourth-order valence-corrected chi connectivity index (χ4v) is 4.46. The van der Waals surface area contributed by atoms with Crippen molar-refractivity contribution in [2.75, 3.05) is 20.2 Å². The van der Waals surface area contributed by atoms with Gasteiger partial charge in [0.05, 0.1) is 19.3 Å². The molecule has 5 heteroatoms. The van der Waals surface area contributed by atoms with Gasteiger partial charge in [-0.2, -0.15) is 0 Å². The summed E-state index contributed by atoms with van der Waals surface area (Å²) in [6.45, 7) is 2.09. The van der Waals surface area contributed by atoms with E-state index in [1.165, 1.54) is 32.8 Å². The van der Waals surface area contributed by atoms with Gasteiger partial charge < -0.3 is 9.47 Å². The summed E-state index contributed by atoms with van der Waals surface area (Å²) in [7, 11) is 1.51. The van der Waals surface area contributed by atoms with Gasteiger partial charge in [-0.1, -0.05) is 0 Å². The molecule has 2 bridgehead atoms. The number of likely N-dealkylation sites (tertiary alicyclic amines) is 1. The number of nitrogens with zero attached hydrogens (tertiary/aromatic N) is 1. The lowest BCUT2D eigenvalue weighted by Gasteiger charge is -2.37. The molecule has 0 aromatic rings. The molecule has 4 atom stereocenters. The van der Waals surface area contributed by atoms with Crippen molar-refractivity contribution in [3.05, 3.63) is 0 Å². The highest BCUT2D eigenvalue weighted by molar-refractivity contribution is 5.81. The predicted molar refractivity (Wildman–Crippen MR) is 78.0 cm³/mol. The van der Waals surface area contributed by atoms with Gasteiger partial charge in [0, 0.05) is 25.2 Å². The summed E-state index contributed by atoms with van der Waals surface area (Å²) in [5.74, 6) is -0.0619. The van der Waals surface area contributed by atoms with Crippen LogP contribution >= 0.6 is 0 Å². The van der Waals surface area contributed by atoms with Crippen LogP contribution in [0.15, 0.2) is 0 Å². The molecule has 4 unspecified atom stereocenters. The maximum absolute atomic E-state index is 12.3. The molecule has 4 fully saturated rings. The van der Waals surface area contributed by atoms with E-state index in [1.807, 2.05) is 0 Å². The highest BCUT2D eigenvalue weighted by atomic mass is 16.5. The predicted octanol–water partition coefficient (Wildman–Crippen LogP) is 1.07. The Morgan fingerprint density at radius 3 is 2.52 bits per heavy atom. The molecule has 1 N–H and O–H groups in total. The summed E-state index contributed by atoms with van der Waals surface area (Å²) >= 11 is 0. The van der Waals surface area contributed by atoms with Gasteiger partial charge in [0.15, 0.2) is 0 Å². The van der Waals surface area contributed by atoms with Gasteiger partial charge in [-0.3, -0.25) is 15.0 Å². The van der Waals surface area contributed by atoms with Crippen molar-refractivity contribution >= 4 is 5.97 Å². The third-order valence-electron chi connectivity index (χ3n) is 5.71. The number of methoxy groups -OCH3 is 1. The number of hydrogen-bond donors (Lipinski definition) is 1. The SMILES string of the molecule is COC(=O)C1(NC2CC2)CCC(N2CC3CCC(C2)O3)C1. The van der Waals surface area contributed by atoms with Crippen LogP contribution in [-0.4, -0.2) is 60.9 Å². The van der Waals surface area contributed by atoms with Crippen LogP contribution in [-0.2, 0) is 14.3 Å². The molecule has 5 nitrogen and oxygen atoms in total. The molecule has 4 rings (SSSR count). The van der Waals surface area contributed by atoms with E-state index in [-0.39, 0.29) is 5.97 Å². The zero-order chi connectivity index (χ0) is 14.4. The number of ether oxygens (including phenoxy) is 2. The molecule has 2 aliphatic carbocycles. The molecule has 21 heavy (non-hydrogen) atoms. The minimum atomic E-state index is -0.433. The zero-order valence-corrected chi connectivity index (χ0v) is 12.8. The van der Waals surface area contributed by atoms with Gasteiger partial charge >= 0.3 is 5.97 Å². The highest BCUT2D eigenvalue weighted by Crippen LogP contribution is 2.39. The van der Waals surface area contributed by atoms with Crippen LogP contribution in [0, 0.1) is 0 Å². The number of carbonyl (C=O) groups excluding carboxylic acids is 1. The monoisotopic (exact) mass is 294 g/mol.